The Hall–Kier alpha value is -3.13. The molecule has 0 amide bonds. The van der Waals surface area contributed by atoms with E-state index in [4.69, 9.17) is 4.74 Å². The quantitative estimate of drug-likeness (QED) is 0.256. The second kappa shape index (κ2) is 10.7. The Bertz CT molecular complexity index is 1220. The Labute approximate surface area is 195 Å². The molecule has 0 fully saturated rings. The molecule has 1 unspecified atom stereocenters. The largest absolute Gasteiger partial charge is 0.493 e. The summed E-state index contributed by atoms with van der Waals surface area (Å²) >= 11 is 0. The van der Waals surface area contributed by atoms with E-state index in [0.29, 0.717) is 29.0 Å². The number of unbranched alkanes of at least 4 members (excludes halogenated alkanes) is 1. The van der Waals surface area contributed by atoms with Gasteiger partial charge in [0.05, 0.1) is 27.5 Å². The number of fused-ring (bicyclic) bond motifs is 1. The zero-order chi connectivity index (χ0) is 24.0. The Kier molecular flexibility index (Phi) is 7.92. The number of nitro benzene ring substituents is 1. The summed E-state index contributed by atoms with van der Waals surface area (Å²) in [7, 11) is -3.87. The molecular weight excluding hydrogens is 440 g/mol. The van der Waals surface area contributed by atoms with E-state index in [2.05, 4.69) is 18.6 Å². The highest BCUT2D eigenvalue weighted by Crippen LogP contribution is 2.35. The molecule has 176 valence electrons. The van der Waals surface area contributed by atoms with Crippen LogP contribution in [0.25, 0.3) is 10.8 Å². The van der Waals surface area contributed by atoms with Crippen molar-refractivity contribution in [1.29, 1.82) is 0 Å². The number of nitro groups is 1. The SMILES string of the molecule is CCCCC(CC)COc1ccc2c([N+](=O)[O-])ccc(NS(=O)(=O)c3ccc(C)cc3)c2c1. The van der Waals surface area contributed by atoms with Gasteiger partial charge in [0.2, 0.25) is 0 Å². The molecule has 3 aromatic carbocycles. The second-order valence-corrected chi connectivity index (χ2v) is 9.93. The van der Waals surface area contributed by atoms with Crippen LogP contribution in [0.1, 0.15) is 45.1 Å². The van der Waals surface area contributed by atoms with Crippen LogP contribution in [0.5, 0.6) is 5.75 Å². The van der Waals surface area contributed by atoms with Gasteiger partial charge in [-0.25, -0.2) is 8.42 Å². The predicted octanol–water partition coefficient (Wildman–Crippen LogP) is 6.45. The highest BCUT2D eigenvalue weighted by atomic mass is 32.2. The van der Waals surface area contributed by atoms with Crippen LogP contribution in [0.15, 0.2) is 59.5 Å². The van der Waals surface area contributed by atoms with E-state index in [9.17, 15) is 18.5 Å². The molecule has 33 heavy (non-hydrogen) atoms. The maximum Gasteiger partial charge on any atom is 0.277 e. The Balaban J connectivity index is 1.96. The summed E-state index contributed by atoms with van der Waals surface area (Å²) in [5, 5.41) is 12.3. The van der Waals surface area contributed by atoms with Crippen molar-refractivity contribution in [1.82, 2.24) is 0 Å². The van der Waals surface area contributed by atoms with Gasteiger partial charge in [0, 0.05) is 11.5 Å². The summed E-state index contributed by atoms with van der Waals surface area (Å²) in [5.74, 6) is 0.971. The highest BCUT2D eigenvalue weighted by molar-refractivity contribution is 7.92. The Morgan fingerprint density at radius 2 is 1.76 bits per heavy atom. The number of hydrogen-bond donors (Lipinski definition) is 1. The zero-order valence-electron chi connectivity index (χ0n) is 19.2. The molecule has 0 heterocycles. The van der Waals surface area contributed by atoms with E-state index in [0.717, 1.165) is 31.2 Å². The lowest BCUT2D eigenvalue weighted by atomic mass is 10.0. The maximum atomic E-state index is 12.9. The number of hydrogen-bond acceptors (Lipinski definition) is 5. The maximum absolute atomic E-state index is 12.9. The molecule has 0 aromatic heterocycles. The minimum Gasteiger partial charge on any atom is -0.493 e. The fraction of sp³-hybridized carbons (Fsp3) is 0.360. The van der Waals surface area contributed by atoms with E-state index >= 15 is 0 Å². The molecule has 0 bridgehead atoms. The topological polar surface area (TPSA) is 98.5 Å². The summed E-state index contributed by atoms with van der Waals surface area (Å²) in [6.07, 6.45) is 4.34. The standard InChI is InChI=1S/C25H30N2O5S/c1-4-6-7-19(5-2)17-32-20-10-13-22-23(16-20)24(14-15-25(22)27(28)29)26-33(30,31)21-11-8-18(3)9-12-21/h8-16,19,26H,4-7,17H2,1-3H3. The summed E-state index contributed by atoms with van der Waals surface area (Å²) < 4.78 is 34.5. The molecular formula is C25H30N2O5S. The normalized spacial score (nSPS) is 12.5. The fourth-order valence-corrected chi connectivity index (χ4v) is 4.76. The van der Waals surface area contributed by atoms with Gasteiger partial charge >= 0.3 is 0 Å². The van der Waals surface area contributed by atoms with Crippen LogP contribution in [0.4, 0.5) is 11.4 Å². The molecule has 0 radical (unpaired) electrons. The number of rotatable bonds is 11. The highest BCUT2D eigenvalue weighted by Gasteiger charge is 2.20. The van der Waals surface area contributed by atoms with E-state index in [1.54, 1.807) is 30.3 Å². The summed E-state index contributed by atoms with van der Waals surface area (Å²) in [5.41, 5.74) is 1.12. The first-order valence-corrected chi connectivity index (χ1v) is 12.7. The van der Waals surface area contributed by atoms with Crippen molar-refractivity contribution >= 4 is 32.2 Å². The molecule has 1 atom stereocenters. The van der Waals surface area contributed by atoms with Gasteiger partial charge in [-0.1, -0.05) is 50.8 Å². The molecule has 3 aromatic rings. The molecule has 0 saturated carbocycles. The lowest BCUT2D eigenvalue weighted by Gasteiger charge is -2.16. The average molecular weight is 471 g/mol. The molecule has 1 N–H and O–H groups in total. The third-order valence-electron chi connectivity index (χ3n) is 5.77. The second-order valence-electron chi connectivity index (χ2n) is 8.24. The van der Waals surface area contributed by atoms with Gasteiger partial charge in [-0.15, -0.1) is 0 Å². The van der Waals surface area contributed by atoms with Crippen molar-refractivity contribution in [3.05, 3.63) is 70.3 Å². The van der Waals surface area contributed by atoms with Crippen molar-refractivity contribution in [2.75, 3.05) is 11.3 Å². The third-order valence-corrected chi connectivity index (χ3v) is 7.15. The van der Waals surface area contributed by atoms with Crippen molar-refractivity contribution in [2.45, 2.75) is 51.3 Å². The molecule has 8 heteroatoms. The number of nitrogens with zero attached hydrogens (tertiary/aromatic N) is 1. The lowest BCUT2D eigenvalue weighted by molar-refractivity contribution is -0.383. The molecule has 0 spiro atoms. The molecule has 0 saturated heterocycles. The molecule has 3 rings (SSSR count). The predicted molar refractivity (Wildman–Crippen MR) is 131 cm³/mol. The minimum absolute atomic E-state index is 0.0933. The Morgan fingerprint density at radius 1 is 1.03 bits per heavy atom. The van der Waals surface area contributed by atoms with Gasteiger partial charge in [0.1, 0.15) is 5.75 Å². The van der Waals surface area contributed by atoms with Crippen LogP contribution in [-0.4, -0.2) is 19.9 Å². The molecule has 0 aliphatic rings. The van der Waals surface area contributed by atoms with Crippen LogP contribution in [0, 0.1) is 23.0 Å². The average Bonchev–Trinajstić information content (AvgIpc) is 2.79. The molecule has 0 aliphatic heterocycles. The fourth-order valence-electron chi connectivity index (χ4n) is 3.68. The van der Waals surface area contributed by atoms with Gasteiger partial charge < -0.3 is 4.74 Å². The monoisotopic (exact) mass is 470 g/mol. The minimum atomic E-state index is -3.87. The van der Waals surface area contributed by atoms with Gasteiger partial charge in [-0.05, 0) is 55.7 Å². The number of benzene rings is 3. The summed E-state index contributed by atoms with van der Waals surface area (Å²) in [6, 6.07) is 14.2. The van der Waals surface area contributed by atoms with E-state index < -0.39 is 14.9 Å². The van der Waals surface area contributed by atoms with Crippen LogP contribution < -0.4 is 9.46 Å². The first-order valence-electron chi connectivity index (χ1n) is 11.2. The number of non-ortho nitro benzene ring substituents is 1. The number of sulfonamides is 1. The van der Waals surface area contributed by atoms with Gasteiger partial charge in [-0.2, -0.15) is 0 Å². The van der Waals surface area contributed by atoms with E-state index in [1.165, 1.54) is 24.3 Å². The van der Waals surface area contributed by atoms with Crippen LogP contribution >= 0.6 is 0 Å². The third kappa shape index (κ3) is 6.01. The summed E-state index contributed by atoms with van der Waals surface area (Å²) in [6.45, 7) is 6.70. The smallest absolute Gasteiger partial charge is 0.277 e. The Morgan fingerprint density at radius 3 is 2.39 bits per heavy atom. The van der Waals surface area contributed by atoms with Crippen LogP contribution in [-0.2, 0) is 10.0 Å². The number of ether oxygens (including phenoxy) is 1. The zero-order valence-corrected chi connectivity index (χ0v) is 20.0. The van der Waals surface area contributed by atoms with Crippen LogP contribution in [0.3, 0.4) is 0 Å². The van der Waals surface area contributed by atoms with Gasteiger partial charge in [0.15, 0.2) is 0 Å². The van der Waals surface area contributed by atoms with E-state index in [-0.39, 0.29) is 16.3 Å². The van der Waals surface area contributed by atoms with Gasteiger partial charge in [0.25, 0.3) is 15.7 Å². The van der Waals surface area contributed by atoms with Crippen molar-refractivity contribution in [3.63, 3.8) is 0 Å². The number of anilines is 1. The lowest BCUT2D eigenvalue weighted by Crippen LogP contribution is -2.13. The molecule has 0 aliphatic carbocycles. The first-order chi connectivity index (χ1) is 15.7. The van der Waals surface area contributed by atoms with Crippen molar-refractivity contribution in [2.24, 2.45) is 5.92 Å². The van der Waals surface area contributed by atoms with Crippen molar-refractivity contribution in [3.8, 4) is 5.75 Å². The molecule has 7 nitrogen and oxygen atoms in total. The van der Waals surface area contributed by atoms with Crippen LogP contribution in [0.2, 0.25) is 0 Å². The summed E-state index contributed by atoms with van der Waals surface area (Å²) in [4.78, 5) is 11.2. The number of nitrogens with one attached hydrogen (secondary N) is 1. The number of aryl methyl sites for hydroxylation is 1. The van der Waals surface area contributed by atoms with E-state index in [1.807, 2.05) is 6.92 Å². The first kappa shape index (κ1) is 24.5. The van der Waals surface area contributed by atoms with Crippen molar-refractivity contribution < 1.29 is 18.1 Å². The van der Waals surface area contributed by atoms with Gasteiger partial charge in [-0.3, -0.25) is 14.8 Å².